The van der Waals surface area contributed by atoms with Crippen LogP contribution in [0.1, 0.15) is 30.5 Å². The first-order chi connectivity index (χ1) is 32.0. The van der Waals surface area contributed by atoms with Gasteiger partial charge in [-0.05, 0) is 127 Å². The van der Waals surface area contributed by atoms with Crippen molar-refractivity contribution in [3.8, 4) is 55.8 Å². The molecule has 1 aliphatic heterocycles. The summed E-state index contributed by atoms with van der Waals surface area (Å²) in [4.78, 5) is 12.8. The maximum atomic E-state index is 5.33. The van der Waals surface area contributed by atoms with E-state index in [1.165, 1.54) is 88.9 Å². The lowest BCUT2D eigenvalue weighted by atomic mass is 9.81. The fraction of sp³-hybridized carbons (Fsp3) is 0.0645. The summed E-state index contributed by atoms with van der Waals surface area (Å²) in [5.74, 6) is 0. The summed E-state index contributed by atoms with van der Waals surface area (Å²) >= 11 is 0. The Morgan fingerprint density at radius 3 is 1.69 bits per heavy atom. The zero-order chi connectivity index (χ0) is 43.2. The normalized spacial score (nSPS) is 15.4. The first-order valence-electron chi connectivity index (χ1n) is 22.6. The molecule has 2 bridgehead atoms. The van der Waals surface area contributed by atoms with Gasteiger partial charge >= 0.3 is 0 Å². The fourth-order valence-electron chi connectivity index (χ4n) is 10.8. The molecule has 0 amide bonds. The zero-order valence-electron chi connectivity index (χ0n) is 36.2. The van der Waals surface area contributed by atoms with Gasteiger partial charge in [-0.3, -0.25) is 4.98 Å². The minimum absolute atomic E-state index is 0.163. The van der Waals surface area contributed by atoms with Gasteiger partial charge < -0.3 is 4.90 Å². The molecule has 1 aromatic heterocycles. The van der Waals surface area contributed by atoms with Crippen LogP contribution >= 0.6 is 0 Å². The summed E-state index contributed by atoms with van der Waals surface area (Å²) in [7, 11) is 0. The Kier molecular flexibility index (Phi) is 8.32. The van der Waals surface area contributed by atoms with E-state index in [1.807, 2.05) is 6.20 Å². The summed E-state index contributed by atoms with van der Waals surface area (Å²) in [5, 5.41) is 4.67. The van der Waals surface area contributed by atoms with Gasteiger partial charge in [0.15, 0.2) is 0 Å². The highest BCUT2D eigenvalue weighted by Gasteiger charge is 2.36. The van der Waals surface area contributed by atoms with Crippen molar-refractivity contribution in [2.24, 2.45) is 0 Å². The number of hydrogen-bond donors (Lipinski definition) is 0. The van der Waals surface area contributed by atoms with Crippen LogP contribution in [0, 0.1) is 0 Å². The fourth-order valence-corrected chi connectivity index (χ4v) is 10.8. The van der Waals surface area contributed by atoms with Crippen molar-refractivity contribution in [3.05, 3.63) is 235 Å². The van der Waals surface area contributed by atoms with E-state index in [0.29, 0.717) is 0 Å². The van der Waals surface area contributed by atoms with Crippen molar-refractivity contribution in [2.45, 2.75) is 25.3 Å². The van der Waals surface area contributed by atoms with Gasteiger partial charge in [0.25, 0.3) is 0 Å². The van der Waals surface area contributed by atoms with Crippen LogP contribution in [0.4, 0.5) is 11.4 Å². The SMILES string of the molecule is CC1(C)c2cc(-c3cccc(-c4cccc(-c5ccc6c(c5)C5=CC(C=CC=C5)N6c5ccccc5)c4)c3)ccc2-c2ccc(-c3cnc4c5ccccc5c5ccccc5c4n3)cc21. The minimum atomic E-state index is -0.206. The van der Waals surface area contributed by atoms with Gasteiger partial charge in [-0.15, -0.1) is 0 Å². The second-order valence-corrected chi connectivity index (χ2v) is 18.1. The Hall–Kier alpha value is -8.14. The summed E-state index contributed by atoms with van der Waals surface area (Å²) < 4.78 is 0. The highest BCUT2D eigenvalue weighted by atomic mass is 15.2. The topological polar surface area (TPSA) is 29.0 Å². The van der Waals surface area contributed by atoms with Crippen LogP contribution in [0.15, 0.2) is 219 Å². The van der Waals surface area contributed by atoms with Crippen LogP contribution in [-0.2, 0) is 5.41 Å². The van der Waals surface area contributed by atoms with Gasteiger partial charge in [-0.2, -0.15) is 0 Å². The van der Waals surface area contributed by atoms with Crippen LogP contribution < -0.4 is 4.90 Å². The molecule has 2 heterocycles. The number of para-hydroxylation sites is 1. The van der Waals surface area contributed by atoms with Crippen LogP contribution in [0.3, 0.4) is 0 Å². The lowest BCUT2D eigenvalue weighted by molar-refractivity contribution is 0.661. The third-order valence-corrected chi connectivity index (χ3v) is 14.1. The van der Waals surface area contributed by atoms with E-state index in [-0.39, 0.29) is 11.5 Å². The Morgan fingerprint density at radius 1 is 0.462 bits per heavy atom. The lowest BCUT2D eigenvalue weighted by Crippen LogP contribution is -2.31. The molecule has 2 aliphatic carbocycles. The molecule has 9 aromatic carbocycles. The third kappa shape index (κ3) is 5.96. The Balaban J connectivity index is 0.819. The number of rotatable bonds is 5. The van der Waals surface area contributed by atoms with Crippen molar-refractivity contribution in [1.29, 1.82) is 0 Å². The first-order valence-corrected chi connectivity index (χ1v) is 22.6. The predicted octanol–water partition coefficient (Wildman–Crippen LogP) is 15.9. The first kappa shape index (κ1) is 37.4. The highest BCUT2D eigenvalue weighted by Crippen LogP contribution is 2.51. The molecule has 3 aliphatic rings. The molecule has 306 valence electrons. The van der Waals surface area contributed by atoms with Gasteiger partial charge in [0, 0.05) is 38.7 Å². The Labute approximate surface area is 379 Å². The number of allylic oxidation sites excluding steroid dienone is 4. The van der Waals surface area contributed by atoms with Gasteiger partial charge in [0.1, 0.15) is 0 Å². The van der Waals surface area contributed by atoms with Crippen LogP contribution in [0.2, 0.25) is 0 Å². The smallest absolute Gasteiger partial charge is 0.0979 e. The molecule has 1 atom stereocenters. The predicted molar refractivity (Wildman–Crippen MR) is 272 cm³/mol. The van der Waals surface area contributed by atoms with E-state index >= 15 is 0 Å². The van der Waals surface area contributed by atoms with Crippen LogP contribution in [0.25, 0.3) is 93.9 Å². The van der Waals surface area contributed by atoms with Crippen molar-refractivity contribution >= 4 is 49.5 Å². The standard InChI is InChI=1S/C62H43N3/c1-62(2)56-36-44(26-29-51(56)52-30-27-46(37-57(52)62)58-38-63-60-53-24-10-8-22-49(53)50-23-9-11-25-54(50)61(60)64-58)42-18-13-16-40(33-42)39-15-12-17-41(32-39)43-28-31-59-55(35-43)45-14-6-7-21-48(34-45)65(59)47-19-4-3-5-20-47/h3-38,48H,1-2H3. The van der Waals surface area contributed by atoms with Crippen molar-refractivity contribution < 1.29 is 0 Å². The van der Waals surface area contributed by atoms with Crippen molar-refractivity contribution in [2.75, 3.05) is 4.90 Å². The van der Waals surface area contributed by atoms with E-state index in [0.717, 1.165) is 33.1 Å². The summed E-state index contributed by atoms with van der Waals surface area (Å²) in [6.07, 6.45) is 13.2. The van der Waals surface area contributed by atoms with Gasteiger partial charge in [-0.1, -0.05) is 172 Å². The summed E-state index contributed by atoms with van der Waals surface area (Å²) in [6, 6.07) is 66.8. The summed E-state index contributed by atoms with van der Waals surface area (Å²) in [5.41, 5.74) is 21.1. The molecular formula is C62H43N3. The number of fused-ring (bicyclic) bond motifs is 12. The molecule has 0 spiro atoms. The Morgan fingerprint density at radius 2 is 1.02 bits per heavy atom. The molecule has 0 N–H and O–H groups in total. The maximum absolute atomic E-state index is 5.33. The average Bonchev–Trinajstić information content (AvgIpc) is 3.45. The molecule has 1 unspecified atom stereocenters. The molecular weight excluding hydrogens is 787 g/mol. The molecule has 0 saturated heterocycles. The van der Waals surface area contributed by atoms with E-state index in [9.17, 15) is 0 Å². The van der Waals surface area contributed by atoms with Crippen LogP contribution in [-0.4, -0.2) is 16.0 Å². The van der Waals surface area contributed by atoms with Gasteiger partial charge in [0.2, 0.25) is 0 Å². The number of benzene rings is 9. The maximum Gasteiger partial charge on any atom is 0.0979 e. The number of hydrogen-bond acceptors (Lipinski definition) is 3. The molecule has 0 saturated carbocycles. The quantitative estimate of drug-likeness (QED) is 0.162. The third-order valence-electron chi connectivity index (χ3n) is 14.1. The van der Waals surface area contributed by atoms with Gasteiger partial charge in [-0.25, -0.2) is 4.98 Å². The molecule has 65 heavy (non-hydrogen) atoms. The zero-order valence-corrected chi connectivity index (χ0v) is 36.2. The van der Waals surface area contributed by atoms with Crippen molar-refractivity contribution in [3.63, 3.8) is 0 Å². The Bertz CT molecular complexity index is 3670. The highest BCUT2D eigenvalue weighted by molar-refractivity contribution is 6.23. The molecule has 3 heteroatoms. The summed E-state index contributed by atoms with van der Waals surface area (Å²) in [6.45, 7) is 4.72. The number of nitrogens with zero attached hydrogens (tertiary/aromatic N) is 3. The second kappa shape index (κ2) is 14.5. The van der Waals surface area contributed by atoms with E-state index in [2.05, 4.69) is 231 Å². The average molecular weight is 830 g/mol. The van der Waals surface area contributed by atoms with Gasteiger partial charge in [0.05, 0.1) is 29.0 Å². The van der Waals surface area contributed by atoms with Crippen molar-refractivity contribution in [1.82, 2.24) is 9.97 Å². The lowest BCUT2D eigenvalue weighted by Gasteiger charge is -2.36. The van der Waals surface area contributed by atoms with Crippen LogP contribution in [0.5, 0.6) is 0 Å². The second-order valence-electron chi connectivity index (χ2n) is 18.1. The van der Waals surface area contributed by atoms with E-state index in [1.54, 1.807) is 0 Å². The number of anilines is 2. The molecule has 3 nitrogen and oxygen atoms in total. The molecule has 13 rings (SSSR count). The molecule has 0 fully saturated rings. The van der Waals surface area contributed by atoms with E-state index < -0.39 is 0 Å². The number of aromatic nitrogens is 2. The largest absolute Gasteiger partial charge is 0.330 e. The minimum Gasteiger partial charge on any atom is -0.330 e. The monoisotopic (exact) mass is 829 g/mol. The molecule has 0 radical (unpaired) electrons. The van der Waals surface area contributed by atoms with E-state index in [4.69, 9.17) is 9.97 Å². The molecule has 10 aromatic rings.